The van der Waals surface area contributed by atoms with E-state index < -0.39 is 29.5 Å². The summed E-state index contributed by atoms with van der Waals surface area (Å²) in [7, 11) is 1.51. The summed E-state index contributed by atoms with van der Waals surface area (Å²) in [4.78, 5) is 35.5. The lowest BCUT2D eigenvalue weighted by Gasteiger charge is -2.16. The number of alkyl halides is 1. The summed E-state index contributed by atoms with van der Waals surface area (Å²) in [6.45, 7) is 2.32. The summed E-state index contributed by atoms with van der Waals surface area (Å²) in [6, 6.07) is 11.5. The lowest BCUT2D eigenvalue weighted by atomic mass is 9.96. The van der Waals surface area contributed by atoms with Crippen LogP contribution in [0.15, 0.2) is 71.9 Å². The van der Waals surface area contributed by atoms with Crippen LogP contribution < -0.4 is 14.9 Å². The number of pyridine rings is 3. The zero-order valence-electron chi connectivity index (χ0n) is 23.1. The second-order valence-electron chi connectivity index (χ2n) is 9.70. The van der Waals surface area contributed by atoms with Crippen molar-refractivity contribution in [3.8, 4) is 28.4 Å². The van der Waals surface area contributed by atoms with E-state index in [1.165, 1.54) is 60.6 Å². The molecule has 0 aliphatic rings. The minimum atomic E-state index is -0.721. The first-order chi connectivity index (χ1) is 20.2. The number of aryl methyl sites for hydroxylation is 2. The summed E-state index contributed by atoms with van der Waals surface area (Å²) >= 11 is 0. The highest BCUT2D eigenvalue weighted by Crippen LogP contribution is 2.31. The van der Waals surface area contributed by atoms with Crippen molar-refractivity contribution in [3.63, 3.8) is 0 Å². The number of aromatic nitrogens is 3. The van der Waals surface area contributed by atoms with E-state index in [-0.39, 0.29) is 35.6 Å². The molecule has 214 valence electrons. The molecule has 0 spiro atoms. The number of hydrogen-bond acceptors (Lipinski definition) is 6. The van der Waals surface area contributed by atoms with Crippen molar-refractivity contribution in [2.45, 2.75) is 26.8 Å². The molecular weight excluding hydrogens is 547 g/mol. The van der Waals surface area contributed by atoms with Crippen molar-refractivity contribution in [2.75, 3.05) is 13.8 Å². The van der Waals surface area contributed by atoms with Crippen LogP contribution in [0.1, 0.15) is 27.2 Å². The molecule has 0 atom stereocenters. The molecule has 3 heterocycles. The van der Waals surface area contributed by atoms with Gasteiger partial charge in [-0.05, 0) is 54.8 Å². The number of halogens is 3. The predicted octanol–water partition coefficient (Wildman–Crippen LogP) is 6.55. The van der Waals surface area contributed by atoms with E-state index in [2.05, 4.69) is 9.97 Å². The van der Waals surface area contributed by atoms with Gasteiger partial charge in [-0.25, -0.2) is 18.2 Å². The predicted molar refractivity (Wildman–Crippen MR) is 152 cm³/mol. The van der Waals surface area contributed by atoms with E-state index in [0.717, 1.165) is 6.07 Å². The molecule has 3 aromatic heterocycles. The molecule has 0 bridgehead atoms. The Hall–Kier alpha value is -4.99. The molecular formula is C32H26F3N3O4. The van der Waals surface area contributed by atoms with Gasteiger partial charge in [0.2, 0.25) is 0 Å². The highest BCUT2D eigenvalue weighted by Gasteiger charge is 2.21. The first-order valence-electron chi connectivity index (χ1n) is 13.0. The summed E-state index contributed by atoms with van der Waals surface area (Å²) in [5.41, 5.74) is 1.70. The number of nitrogens with zero attached hydrogens (tertiary/aromatic N) is 3. The van der Waals surface area contributed by atoms with Crippen LogP contribution in [0.25, 0.3) is 22.2 Å². The van der Waals surface area contributed by atoms with Crippen molar-refractivity contribution in [1.29, 1.82) is 0 Å². The van der Waals surface area contributed by atoms with Gasteiger partial charge in [-0.1, -0.05) is 12.1 Å². The van der Waals surface area contributed by atoms with Crippen LogP contribution in [-0.2, 0) is 13.0 Å². The molecule has 0 amide bonds. The Bertz CT molecular complexity index is 1890. The number of ether oxygens (including phenoxy) is 2. The molecule has 7 nitrogen and oxygen atoms in total. The number of rotatable bonds is 9. The summed E-state index contributed by atoms with van der Waals surface area (Å²) < 4.78 is 54.8. The molecule has 0 fully saturated rings. The minimum Gasteiger partial charge on any atom is -0.495 e. The molecule has 0 radical (unpaired) electrons. The van der Waals surface area contributed by atoms with Gasteiger partial charge in [0, 0.05) is 42.2 Å². The molecule has 0 saturated heterocycles. The average Bonchev–Trinajstić information content (AvgIpc) is 2.97. The first kappa shape index (κ1) is 28.5. The molecule has 5 aromatic rings. The van der Waals surface area contributed by atoms with Gasteiger partial charge in [-0.3, -0.25) is 14.6 Å². The third kappa shape index (κ3) is 5.60. The summed E-state index contributed by atoms with van der Waals surface area (Å²) in [6.07, 6.45) is 4.19. The first-order valence-corrected chi connectivity index (χ1v) is 13.0. The van der Waals surface area contributed by atoms with Crippen LogP contribution in [0.5, 0.6) is 17.2 Å². The van der Waals surface area contributed by atoms with Crippen LogP contribution in [0.2, 0.25) is 0 Å². The number of methoxy groups -OCH3 is 1. The lowest BCUT2D eigenvalue weighted by molar-refractivity contribution is 0.0990. The van der Waals surface area contributed by atoms with E-state index in [1.807, 2.05) is 0 Å². The van der Waals surface area contributed by atoms with Crippen molar-refractivity contribution in [2.24, 2.45) is 0 Å². The van der Waals surface area contributed by atoms with Crippen molar-refractivity contribution in [3.05, 3.63) is 111 Å². The number of hydrogen-bond donors (Lipinski definition) is 0. The van der Waals surface area contributed by atoms with E-state index in [9.17, 15) is 18.4 Å². The monoisotopic (exact) mass is 573 g/mol. The maximum Gasteiger partial charge on any atom is 0.200 e. The van der Waals surface area contributed by atoms with Crippen LogP contribution in [0.4, 0.5) is 13.2 Å². The van der Waals surface area contributed by atoms with Crippen molar-refractivity contribution in [1.82, 2.24) is 14.5 Å². The number of benzene rings is 2. The largest absolute Gasteiger partial charge is 0.495 e. The van der Waals surface area contributed by atoms with Gasteiger partial charge in [0.15, 0.2) is 28.5 Å². The summed E-state index contributed by atoms with van der Waals surface area (Å²) in [5.74, 6) is -1.02. The molecule has 0 unspecified atom stereocenters. The third-order valence-electron chi connectivity index (χ3n) is 6.95. The Labute approximate surface area is 239 Å². The molecule has 2 aromatic carbocycles. The van der Waals surface area contributed by atoms with Gasteiger partial charge in [-0.2, -0.15) is 0 Å². The second kappa shape index (κ2) is 11.9. The van der Waals surface area contributed by atoms with Crippen LogP contribution in [0.3, 0.4) is 0 Å². The zero-order chi connectivity index (χ0) is 30.0. The number of carbonyl (C=O) groups is 1. The van der Waals surface area contributed by atoms with E-state index >= 15 is 4.39 Å². The van der Waals surface area contributed by atoms with E-state index in [4.69, 9.17) is 9.47 Å². The topological polar surface area (TPSA) is 83.3 Å². The lowest BCUT2D eigenvalue weighted by Crippen LogP contribution is -2.25. The van der Waals surface area contributed by atoms with Gasteiger partial charge < -0.3 is 14.0 Å². The second-order valence-corrected chi connectivity index (χ2v) is 9.70. The normalized spacial score (nSPS) is 11.1. The molecule has 0 saturated carbocycles. The standard InChI is InChI=1S/C32H26F3N3O4/c1-18-12-21(5-6-24(18)34)23-17-38(11-9-33)19(2)30(32(23)40)27(39)14-20-4-7-28(25(35)13-20)42-29-8-10-36-26-15-22(41-3)16-37-31(26)29/h4-8,10,12-13,15-17H,9,11,14H2,1-3H3. The van der Waals surface area contributed by atoms with Gasteiger partial charge in [0.1, 0.15) is 23.8 Å². The maximum atomic E-state index is 15.2. The smallest absolute Gasteiger partial charge is 0.200 e. The van der Waals surface area contributed by atoms with Crippen LogP contribution in [-0.4, -0.2) is 34.1 Å². The maximum absolute atomic E-state index is 15.2. The van der Waals surface area contributed by atoms with Gasteiger partial charge >= 0.3 is 0 Å². The van der Waals surface area contributed by atoms with E-state index in [1.54, 1.807) is 26.0 Å². The molecule has 10 heteroatoms. The average molecular weight is 574 g/mol. The van der Waals surface area contributed by atoms with Crippen molar-refractivity contribution >= 4 is 16.8 Å². The zero-order valence-corrected chi connectivity index (χ0v) is 23.1. The number of carbonyl (C=O) groups excluding carboxylic acids is 1. The molecule has 42 heavy (non-hydrogen) atoms. The Morgan fingerprint density at radius 3 is 2.50 bits per heavy atom. The highest BCUT2D eigenvalue weighted by atomic mass is 19.1. The van der Waals surface area contributed by atoms with Crippen LogP contribution >= 0.6 is 0 Å². The SMILES string of the molecule is COc1cnc2c(Oc3ccc(CC(=O)c4c(C)n(CCF)cc(-c5ccc(F)c(C)c5)c4=O)cc3F)ccnc2c1. The fraction of sp³-hybridized carbons (Fsp3) is 0.188. The number of fused-ring (bicyclic) bond motifs is 1. The molecule has 0 aliphatic carbocycles. The highest BCUT2D eigenvalue weighted by molar-refractivity contribution is 5.99. The third-order valence-corrected chi connectivity index (χ3v) is 6.95. The van der Waals surface area contributed by atoms with E-state index in [0.29, 0.717) is 39.2 Å². The fourth-order valence-electron chi connectivity index (χ4n) is 4.73. The minimum absolute atomic E-state index is 0.0778. The molecule has 0 N–H and O–H groups in total. The van der Waals surface area contributed by atoms with Crippen molar-refractivity contribution < 1.29 is 27.4 Å². The number of Topliss-reactive ketones (excluding diaryl/α,β-unsaturated/α-hetero) is 1. The Kier molecular flexibility index (Phi) is 8.06. The molecule has 5 rings (SSSR count). The number of ketones is 1. The van der Waals surface area contributed by atoms with Crippen LogP contribution in [0, 0.1) is 25.5 Å². The van der Waals surface area contributed by atoms with Gasteiger partial charge in [-0.15, -0.1) is 0 Å². The summed E-state index contributed by atoms with van der Waals surface area (Å²) in [5, 5.41) is 0. The van der Waals surface area contributed by atoms with Gasteiger partial charge in [0.05, 0.1) is 30.9 Å². The Balaban J connectivity index is 1.45. The Morgan fingerprint density at radius 2 is 1.79 bits per heavy atom. The Morgan fingerprint density at radius 1 is 0.976 bits per heavy atom. The fourth-order valence-corrected chi connectivity index (χ4v) is 4.73. The molecule has 0 aliphatic heterocycles. The van der Waals surface area contributed by atoms with Gasteiger partial charge in [0.25, 0.3) is 0 Å². The quantitative estimate of drug-likeness (QED) is 0.186.